The Morgan fingerprint density at radius 3 is 2.95 bits per heavy atom. The van der Waals surface area contributed by atoms with E-state index in [1.54, 1.807) is 13.0 Å². The number of hydrogen-bond acceptors (Lipinski definition) is 4. The first kappa shape index (κ1) is 14.1. The monoisotopic (exact) mass is 301 g/mol. The lowest BCUT2D eigenvalue weighted by Gasteiger charge is -2.55. The largest absolute Gasteiger partial charge is 0.504 e. The van der Waals surface area contributed by atoms with Crippen LogP contribution in [0, 0.1) is 17.3 Å². The van der Waals surface area contributed by atoms with Crippen LogP contribution in [0.15, 0.2) is 48.0 Å². The third-order valence-electron chi connectivity index (χ3n) is 6.05. The molecule has 0 aromatic rings. The van der Waals surface area contributed by atoms with Gasteiger partial charge in [-0.1, -0.05) is 18.2 Å². The zero-order valence-electron chi connectivity index (χ0n) is 13.1. The normalized spacial score (nSPS) is 44.2. The van der Waals surface area contributed by atoms with Crippen LogP contribution in [0.2, 0.25) is 0 Å². The van der Waals surface area contributed by atoms with Crippen molar-refractivity contribution in [2.75, 3.05) is 13.6 Å². The highest BCUT2D eigenvalue weighted by atomic mass is 16.5. The van der Waals surface area contributed by atoms with Gasteiger partial charge in [0.15, 0.2) is 5.76 Å². The number of rotatable bonds is 2. The SMILES string of the molecule is C=C[C@H]1[C@H]2C=C3C=CC(O)=C4O[C@@H]([C@H](C)O)[C@]1(CCN2C)C34. The van der Waals surface area contributed by atoms with Gasteiger partial charge in [0.05, 0.1) is 12.0 Å². The lowest BCUT2D eigenvalue weighted by atomic mass is 9.52. The Kier molecular flexibility index (Phi) is 2.88. The Bertz CT molecular complexity index is 618. The fraction of sp³-hybridized carbons (Fsp3) is 0.556. The Hall–Kier alpha value is -1.52. The Morgan fingerprint density at radius 1 is 1.50 bits per heavy atom. The van der Waals surface area contributed by atoms with Crippen LogP contribution in [0.4, 0.5) is 0 Å². The van der Waals surface area contributed by atoms with Crippen LogP contribution in [0.5, 0.6) is 0 Å². The minimum atomic E-state index is -0.586. The summed E-state index contributed by atoms with van der Waals surface area (Å²) in [7, 11) is 2.14. The molecule has 0 saturated carbocycles. The van der Waals surface area contributed by atoms with E-state index in [4.69, 9.17) is 4.74 Å². The molecular formula is C18H23NO3. The first-order chi connectivity index (χ1) is 10.5. The number of piperidine rings is 1. The zero-order chi connectivity index (χ0) is 15.6. The van der Waals surface area contributed by atoms with Crippen LogP contribution in [0.25, 0.3) is 0 Å². The van der Waals surface area contributed by atoms with Gasteiger partial charge in [0.2, 0.25) is 0 Å². The fourth-order valence-electron chi connectivity index (χ4n) is 5.18. The van der Waals surface area contributed by atoms with E-state index in [0.29, 0.717) is 5.76 Å². The molecule has 6 atom stereocenters. The van der Waals surface area contributed by atoms with E-state index in [2.05, 4.69) is 24.6 Å². The van der Waals surface area contributed by atoms with Gasteiger partial charge < -0.3 is 14.9 Å². The molecule has 1 spiro atoms. The van der Waals surface area contributed by atoms with Crippen LogP contribution in [0.3, 0.4) is 0 Å². The summed E-state index contributed by atoms with van der Waals surface area (Å²) in [6.07, 6.45) is 8.04. The van der Waals surface area contributed by atoms with Crippen molar-refractivity contribution < 1.29 is 14.9 Å². The quantitative estimate of drug-likeness (QED) is 0.768. The summed E-state index contributed by atoms with van der Waals surface area (Å²) in [5, 5.41) is 20.6. The summed E-state index contributed by atoms with van der Waals surface area (Å²) in [6.45, 7) is 6.82. The molecule has 0 amide bonds. The Morgan fingerprint density at radius 2 is 2.27 bits per heavy atom. The van der Waals surface area contributed by atoms with Crippen molar-refractivity contribution in [3.8, 4) is 0 Å². The molecule has 4 nitrogen and oxygen atoms in total. The summed E-state index contributed by atoms with van der Waals surface area (Å²) in [4.78, 5) is 2.35. The van der Waals surface area contributed by atoms with Gasteiger partial charge in [-0.3, -0.25) is 4.90 Å². The fourth-order valence-corrected chi connectivity index (χ4v) is 5.18. The lowest BCUT2D eigenvalue weighted by Crippen LogP contribution is -2.61. The molecule has 2 aliphatic heterocycles. The van der Waals surface area contributed by atoms with Crippen molar-refractivity contribution in [1.82, 2.24) is 4.90 Å². The van der Waals surface area contributed by atoms with Gasteiger partial charge >= 0.3 is 0 Å². The second-order valence-corrected chi connectivity index (χ2v) is 7.06. The molecular weight excluding hydrogens is 278 g/mol. The molecule has 118 valence electrons. The van der Waals surface area contributed by atoms with Gasteiger partial charge in [-0.2, -0.15) is 0 Å². The Labute approximate surface area is 131 Å². The van der Waals surface area contributed by atoms with E-state index in [1.807, 2.05) is 12.2 Å². The van der Waals surface area contributed by atoms with Crippen molar-refractivity contribution in [3.05, 3.63) is 48.0 Å². The molecule has 2 bridgehead atoms. The molecule has 22 heavy (non-hydrogen) atoms. The maximum Gasteiger partial charge on any atom is 0.153 e. The van der Waals surface area contributed by atoms with Crippen LogP contribution in [-0.2, 0) is 4.74 Å². The minimum absolute atomic E-state index is 0.0325. The number of aliphatic hydroxyl groups excluding tert-OH is 2. The number of hydrogen-bond donors (Lipinski definition) is 2. The molecule has 0 aromatic carbocycles. The van der Waals surface area contributed by atoms with Crippen molar-refractivity contribution in [2.24, 2.45) is 17.3 Å². The van der Waals surface area contributed by atoms with E-state index in [-0.39, 0.29) is 35.2 Å². The molecule has 4 rings (SSSR count). The van der Waals surface area contributed by atoms with Crippen molar-refractivity contribution in [3.63, 3.8) is 0 Å². The van der Waals surface area contributed by atoms with Crippen LogP contribution in [-0.4, -0.2) is 47.0 Å². The standard InChI is InChI=1S/C18H23NO3/c1-4-12-13-9-11-5-6-14(21)16-15(11)18(12,7-8-19(13)3)17(22-16)10(2)20/h4-6,9-10,12-13,15,17,20-21H,1,7-8H2,2-3H3/t10-,12-,13+,15?,17-,18-/m0/s1. The van der Waals surface area contributed by atoms with Gasteiger partial charge in [0.1, 0.15) is 11.9 Å². The number of fused-ring (bicyclic) bond motifs is 1. The van der Waals surface area contributed by atoms with Gasteiger partial charge in [0.25, 0.3) is 0 Å². The number of aliphatic hydroxyl groups is 2. The summed E-state index contributed by atoms with van der Waals surface area (Å²) >= 11 is 0. The maximum absolute atomic E-state index is 10.4. The van der Waals surface area contributed by atoms with Gasteiger partial charge in [-0.15, -0.1) is 6.58 Å². The average molecular weight is 301 g/mol. The summed E-state index contributed by atoms with van der Waals surface area (Å²) < 4.78 is 6.12. The minimum Gasteiger partial charge on any atom is -0.504 e. The molecule has 2 heterocycles. The highest BCUT2D eigenvalue weighted by molar-refractivity contribution is 5.48. The molecule has 0 radical (unpaired) electrons. The number of likely N-dealkylation sites (N-methyl/N-ethyl adjacent to an activating group) is 1. The van der Waals surface area contributed by atoms with E-state index in [1.165, 1.54) is 5.57 Å². The molecule has 4 aliphatic rings. The third-order valence-corrected chi connectivity index (χ3v) is 6.05. The highest BCUT2D eigenvalue weighted by Crippen LogP contribution is 2.63. The summed E-state index contributed by atoms with van der Waals surface area (Å²) in [5.41, 5.74) is 0.983. The van der Waals surface area contributed by atoms with Crippen molar-refractivity contribution in [1.29, 1.82) is 0 Å². The second-order valence-electron chi connectivity index (χ2n) is 7.06. The molecule has 4 heteroatoms. The molecule has 2 saturated heterocycles. The van der Waals surface area contributed by atoms with E-state index < -0.39 is 6.10 Å². The predicted molar refractivity (Wildman–Crippen MR) is 84.1 cm³/mol. The Balaban J connectivity index is 1.97. The predicted octanol–water partition coefficient (Wildman–Crippen LogP) is 2.15. The summed E-state index contributed by atoms with van der Waals surface area (Å²) in [5.74, 6) is 1.07. The zero-order valence-corrected chi connectivity index (χ0v) is 13.1. The van der Waals surface area contributed by atoms with Crippen molar-refractivity contribution >= 4 is 0 Å². The van der Waals surface area contributed by atoms with Crippen LogP contribution in [0.1, 0.15) is 13.3 Å². The second kappa shape index (κ2) is 4.49. The highest BCUT2D eigenvalue weighted by Gasteiger charge is 2.66. The lowest BCUT2D eigenvalue weighted by molar-refractivity contribution is -0.0885. The van der Waals surface area contributed by atoms with Crippen LogP contribution >= 0.6 is 0 Å². The van der Waals surface area contributed by atoms with Gasteiger partial charge in [-0.05, 0) is 38.6 Å². The van der Waals surface area contributed by atoms with E-state index in [9.17, 15) is 10.2 Å². The first-order valence-corrected chi connectivity index (χ1v) is 8.01. The molecule has 2 aliphatic carbocycles. The topological polar surface area (TPSA) is 52.9 Å². The molecule has 0 aromatic heterocycles. The maximum atomic E-state index is 10.4. The average Bonchev–Trinajstić information content (AvgIpc) is 2.84. The van der Waals surface area contributed by atoms with Gasteiger partial charge in [0, 0.05) is 17.4 Å². The third kappa shape index (κ3) is 1.49. The van der Waals surface area contributed by atoms with Crippen molar-refractivity contribution in [2.45, 2.75) is 31.6 Å². The van der Waals surface area contributed by atoms with Crippen LogP contribution < -0.4 is 0 Å². The number of allylic oxidation sites excluding steroid dienone is 3. The smallest absolute Gasteiger partial charge is 0.153 e. The summed E-state index contributed by atoms with van der Waals surface area (Å²) in [6, 6.07) is 0.270. The number of nitrogens with zero attached hydrogens (tertiary/aromatic N) is 1. The number of likely N-dealkylation sites (tertiary alicyclic amines) is 1. The molecule has 2 fully saturated rings. The van der Waals surface area contributed by atoms with E-state index in [0.717, 1.165) is 13.0 Å². The molecule has 2 N–H and O–H groups in total. The molecule has 1 unspecified atom stereocenters. The van der Waals surface area contributed by atoms with E-state index >= 15 is 0 Å². The first-order valence-electron chi connectivity index (χ1n) is 8.01. The van der Waals surface area contributed by atoms with Gasteiger partial charge in [-0.25, -0.2) is 0 Å². The number of ether oxygens (including phenoxy) is 1.